The molecular weight excluding hydrogens is 388 g/mol. The van der Waals surface area contributed by atoms with Crippen LogP contribution in [0.1, 0.15) is 25.8 Å². The molecule has 29 heavy (non-hydrogen) atoms. The van der Waals surface area contributed by atoms with E-state index in [1.165, 1.54) is 0 Å². The first-order valence-electron chi connectivity index (χ1n) is 9.16. The molecule has 3 aromatic rings. The highest BCUT2D eigenvalue weighted by atomic mass is 32.1. The summed E-state index contributed by atoms with van der Waals surface area (Å²) in [5.74, 6) is 0. The van der Waals surface area contributed by atoms with Crippen LogP contribution in [0.2, 0.25) is 0 Å². The highest BCUT2D eigenvalue weighted by Crippen LogP contribution is 2.22. The van der Waals surface area contributed by atoms with Crippen molar-refractivity contribution < 1.29 is 14.3 Å². The zero-order valence-corrected chi connectivity index (χ0v) is 17.7. The first-order chi connectivity index (χ1) is 13.7. The second kappa shape index (κ2) is 8.48. The molecule has 3 amide bonds. The van der Waals surface area contributed by atoms with Crippen molar-refractivity contribution in [1.82, 2.24) is 9.88 Å². The number of hydrogen-bond donors (Lipinski definition) is 2. The molecule has 1 aromatic heterocycles. The lowest BCUT2D eigenvalue weighted by Crippen LogP contribution is -2.30. The van der Waals surface area contributed by atoms with Gasteiger partial charge in [-0.3, -0.25) is 5.32 Å². The minimum absolute atomic E-state index is 0.239. The van der Waals surface area contributed by atoms with E-state index in [-0.39, 0.29) is 6.03 Å². The smallest absolute Gasteiger partial charge is 0.412 e. The molecule has 0 spiro atoms. The number of nitrogens with zero attached hydrogens (tertiary/aromatic N) is 2. The number of anilines is 2. The van der Waals surface area contributed by atoms with Gasteiger partial charge in [0.15, 0.2) is 0 Å². The normalized spacial score (nSPS) is 11.2. The molecule has 0 saturated heterocycles. The van der Waals surface area contributed by atoms with Gasteiger partial charge in [-0.1, -0.05) is 12.1 Å². The summed E-state index contributed by atoms with van der Waals surface area (Å²) >= 11 is 1.58. The average Bonchev–Trinajstić information content (AvgIpc) is 3.04. The number of hydrogen-bond acceptors (Lipinski definition) is 5. The van der Waals surface area contributed by atoms with E-state index in [1.807, 2.05) is 24.3 Å². The van der Waals surface area contributed by atoms with E-state index in [0.29, 0.717) is 17.9 Å². The summed E-state index contributed by atoms with van der Waals surface area (Å²) < 4.78 is 6.32. The maximum atomic E-state index is 12.5. The van der Waals surface area contributed by atoms with E-state index < -0.39 is 11.7 Å². The number of carbonyl (C=O) groups is 2. The van der Waals surface area contributed by atoms with Crippen LogP contribution < -0.4 is 10.6 Å². The number of amides is 3. The summed E-state index contributed by atoms with van der Waals surface area (Å²) in [6.07, 6.45) is -0.523. The number of benzene rings is 2. The molecular formula is C21H24N4O3S. The maximum absolute atomic E-state index is 12.5. The number of aromatic nitrogens is 1. The Morgan fingerprint density at radius 3 is 2.28 bits per heavy atom. The maximum Gasteiger partial charge on any atom is 0.412 e. The first-order valence-corrected chi connectivity index (χ1v) is 9.98. The van der Waals surface area contributed by atoms with Gasteiger partial charge in [0, 0.05) is 18.4 Å². The Balaban J connectivity index is 1.55. The van der Waals surface area contributed by atoms with Gasteiger partial charge in [0.25, 0.3) is 0 Å². The van der Waals surface area contributed by atoms with Gasteiger partial charge in [-0.05, 0) is 57.2 Å². The van der Waals surface area contributed by atoms with Gasteiger partial charge in [-0.25, -0.2) is 14.6 Å². The Bertz CT molecular complexity index is 976. The van der Waals surface area contributed by atoms with E-state index in [9.17, 15) is 9.59 Å². The molecule has 7 nitrogen and oxygen atoms in total. The summed E-state index contributed by atoms with van der Waals surface area (Å²) in [5, 5.41) is 6.37. The predicted octanol–water partition coefficient (Wildman–Crippen LogP) is 5.31. The second-order valence-corrected chi connectivity index (χ2v) is 8.68. The molecule has 0 aliphatic carbocycles. The zero-order valence-electron chi connectivity index (χ0n) is 16.9. The fraction of sp³-hybridized carbons (Fsp3) is 0.286. The van der Waals surface area contributed by atoms with Gasteiger partial charge in [0.2, 0.25) is 0 Å². The van der Waals surface area contributed by atoms with Gasteiger partial charge in [-0.15, -0.1) is 11.3 Å². The minimum Gasteiger partial charge on any atom is -0.444 e. The Kier molecular flexibility index (Phi) is 6.03. The van der Waals surface area contributed by atoms with E-state index in [4.69, 9.17) is 4.74 Å². The topological polar surface area (TPSA) is 83.6 Å². The van der Waals surface area contributed by atoms with Crippen molar-refractivity contribution in [2.45, 2.75) is 32.9 Å². The SMILES string of the molecule is CN(Cc1nc2ccccc2s1)C(=O)Nc1ccc(NC(=O)OC(C)(C)C)cc1. The zero-order chi connectivity index (χ0) is 21.0. The average molecular weight is 413 g/mol. The van der Waals surface area contributed by atoms with Gasteiger partial charge in [-0.2, -0.15) is 0 Å². The van der Waals surface area contributed by atoms with Crippen molar-refractivity contribution in [2.75, 3.05) is 17.7 Å². The summed E-state index contributed by atoms with van der Waals surface area (Å²) in [6, 6.07) is 14.5. The molecule has 0 aliphatic heterocycles. The Hall–Kier alpha value is -3.13. The van der Waals surface area contributed by atoms with Crippen LogP contribution in [0.3, 0.4) is 0 Å². The number of ether oxygens (including phenoxy) is 1. The number of urea groups is 1. The highest BCUT2D eigenvalue weighted by Gasteiger charge is 2.16. The van der Waals surface area contributed by atoms with Crippen molar-refractivity contribution in [3.05, 3.63) is 53.5 Å². The lowest BCUT2D eigenvalue weighted by atomic mass is 10.2. The van der Waals surface area contributed by atoms with E-state index in [0.717, 1.165) is 15.2 Å². The number of rotatable bonds is 4. The van der Waals surface area contributed by atoms with Crippen LogP contribution in [-0.4, -0.2) is 34.7 Å². The molecule has 2 N–H and O–H groups in total. The minimum atomic E-state index is -0.564. The van der Waals surface area contributed by atoms with Crippen LogP contribution in [0.25, 0.3) is 10.2 Å². The summed E-state index contributed by atoms with van der Waals surface area (Å²) in [5.41, 5.74) is 1.58. The van der Waals surface area contributed by atoms with Crippen molar-refractivity contribution in [3.8, 4) is 0 Å². The molecule has 152 valence electrons. The Morgan fingerprint density at radius 2 is 1.66 bits per heavy atom. The van der Waals surface area contributed by atoms with Crippen LogP contribution >= 0.6 is 11.3 Å². The lowest BCUT2D eigenvalue weighted by molar-refractivity contribution is 0.0636. The van der Waals surface area contributed by atoms with Crippen LogP contribution in [0.5, 0.6) is 0 Å². The van der Waals surface area contributed by atoms with Crippen molar-refractivity contribution in [1.29, 1.82) is 0 Å². The number of carbonyl (C=O) groups excluding carboxylic acids is 2. The second-order valence-electron chi connectivity index (χ2n) is 7.57. The van der Waals surface area contributed by atoms with Crippen LogP contribution in [-0.2, 0) is 11.3 Å². The summed E-state index contributed by atoms with van der Waals surface area (Å²) in [6.45, 7) is 5.83. The number of nitrogens with one attached hydrogen (secondary N) is 2. The van der Waals surface area contributed by atoms with Crippen molar-refractivity contribution in [2.24, 2.45) is 0 Å². The predicted molar refractivity (Wildman–Crippen MR) is 116 cm³/mol. The summed E-state index contributed by atoms with van der Waals surface area (Å²) in [4.78, 5) is 30.4. The lowest BCUT2D eigenvalue weighted by Gasteiger charge is -2.20. The van der Waals surface area contributed by atoms with Gasteiger partial charge >= 0.3 is 12.1 Å². The molecule has 3 rings (SSSR count). The van der Waals surface area contributed by atoms with Gasteiger partial charge < -0.3 is 15.0 Å². The fourth-order valence-corrected chi connectivity index (χ4v) is 3.56. The van der Waals surface area contributed by atoms with Crippen LogP contribution in [0.15, 0.2) is 48.5 Å². The number of fused-ring (bicyclic) bond motifs is 1. The molecule has 0 bridgehead atoms. The summed E-state index contributed by atoms with van der Waals surface area (Å²) in [7, 11) is 1.72. The van der Waals surface area contributed by atoms with E-state index >= 15 is 0 Å². The first kappa shape index (κ1) is 20.6. The fourth-order valence-electron chi connectivity index (χ4n) is 2.54. The Morgan fingerprint density at radius 1 is 1.03 bits per heavy atom. The van der Waals surface area contributed by atoms with Crippen LogP contribution in [0, 0.1) is 0 Å². The molecule has 0 aliphatic rings. The van der Waals surface area contributed by atoms with Crippen molar-refractivity contribution >= 4 is 45.1 Å². The number of thiazole rings is 1. The standard InChI is InChI=1S/C21H24N4O3S/c1-21(2,3)28-20(27)23-15-11-9-14(10-12-15)22-19(26)25(4)13-18-24-16-7-5-6-8-17(16)29-18/h5-12H,13H2,1-4H3,(H,22,26)(H,23,27). The molecule has 0 unspecified atom stereocenters. The molecule has 1 heterocycles. The number of para-hydroxylation sites is 1. The van der Waals surface area contributed by atoms with Gasteiger partial charge in [0.05, 0.1) is 16.8 Å². The third kappa shape index (κ3) is 5.92. The van der Waals surface area contributed by atoms with Crippen LogP contribution in [0.4, 0.5) is 21.0 Å². The Labute approximate surface area is 173 Å². The molecule has 8 heteroatoms. The third-order valence-electron chi connectivity index (χ3n) is 3.84. The highest BCUT2D eigenvalue weighted by molar-refractivity contribution is 7.18. The molecule has 0 atom stereocenters. The van der Waals surface area contributed by atoms with E-state index in [1.54, 1.807) is 68.3 Å². The molecule has 0 saturated carbocycles. The molecule has 0 fully saturated rings. The van der Waals surface area contributed by atoms with E-state index in [2.05, 4.69) is 15.6 Å². The monoisotopic (exact) mass is 412 g/mol. The quantitative estimate of drug-likeness (QED) is 0.608. The van der Waals surface area contributed by atoms with Gasteiger partial charge in [0.1, 0.15) is 10.6 Å². The molecule has 0 radical (unpaired) electrons. The van der Waals surface area contributed by atoms with Crippen molar-refractivity contribution in [3.63, 3.8) is 0 Å². The largest absolute Gasteiger partial charge is 0.444 e. The third-order valence-corrected chi connectivity index (χ3v) is 4.86. The molecule has 2 aromatic carbocycles.